The molecule has 0 radical (unpaired) electrons. The van der Waals surface area contributed by atoms with E-state index in [1.54, 1.807) is 20.3 Å². The number of ether oxygens (including phenoxy) is 3. The van der Waals surface area contributed by atoms with E-state index in [9.17, 15) is 4.39 Å². The fourth-order valence-electron chi connectivity index (χ4n) is 1.74. The van der Waals surface area contributed by atoms with E-state index in [0.717, 1.165) is 24.3 Å². The minimum Gasteiger partial charge on any atom is -0.496 e. The van der Waals surface area contributed by atoms with E-state index in [-0.39, 0.29) is 6.67 Å². The highest BCUT2D eigenvalue weighted by Gasteiger charge is 2.12. The lowest BCUT2D eigenvalue weighted by molar-refractivity contribution is 0.271. The van der Waals surface area contributed by atoms with Gasteiger partial charge in [0.2, 0.25) is 0 Å². The number of halogens is 1. The second-order valence-electron chi connectivity index (χ2n) is 4.06. The van der Waals surface area contributed by atoms with Gasteiger partial charge in [0, 0.05) is 12.5 Å². The molecule has 1 aromatic carbocycles. The monoisotopic (exact) mass is 271 g/mol. The molecule has 0 aliphatic heterocycles. The Balaban J connectivity index is 2.91. The van der Waals surface area contributed by atoms with Crippen molar-refractivity contribution in [1.29, 1.82) is 0 Å². The van der Waals surface area contributed by atoms with Gasteiger partial charge in [-0.1, -0.05) is 0 Å². The van der Waals surface area contributed by atoms with E-state index in [4.69, 9.17) is 14.2 Å². The Hall–Kier alpha value is -1.49. The van der Waals surface area contributed by atoms with Crippen molar-refractivity contribution in [3.05, 3.63) is 17.7 Å². The van der Waals surface area contributed by atoms with Crippen LogP contribution in [0.3, 0.4) is 0 Å². The van der Waals surface area contributed by atoms with Gasteiger partial charge >= 0.3 is 0 Å². The summed E-state index contributed by atoms with van der Waals surface area (Å²) in [6.07, 6.45) is 1.20. The third-order valence-electron chi connectivity index (χ3n) is 2.75. The summed E-state index contributed by atoms with van der Waals surface area (Å²) in [5.41, 5.74) is 1.05. The van der Waals surface area contributed by atoms with Crippen LogP contribution < -0.4 is 19.5 Å². The topological polar surface area (TPSA) is 39.7 Å². The predicted molar refractivity (Wildman–Crippen MR) is 73.3 cm³/mol. The highest BCUT2D eigenvalue weighted by molar-refractivity contribution is 5.50. The van der Waals surface area contributed by atoms with E-state index >= 15 is 0 Å². The molecule has 1 rings (SSSR count). The van der Waals surface area contributed by atoms with Crippen LogP contribution in [-0.4, -0.2) is 41.1 Å². The maximum absolute atomic E-state index is 12.1. The molecule has 0 aliphatic carbocycles. The van der Waals surface area contributed by atoms with Gasteiger partial charge in [-0.2, -0.15) is 0 Å². The first-order valence-corrected chi connectivity index (χ1v) is 6.35. The van der Waals surface area contributed by atoms with Gasteiger partial charge in [0.15, 0.2) is 11.5 Å². The lowest BCUT2D eigenvalue weighted by Crippen LogP contribution is -2.11. The van der Waals surface area contributed by atoms with Crippen LogP contribution in [0.4, 0.5) is 4.39 Å². The van der Waals surface area contributed by atoms with Crippen LogP contribution in [0.25, 0.3) is 0 Å². The van der Waals surface area contributed by atoms with E-state index in [1.807, 2.05) is 13.1 Å². The third-order valence-corrected chi connectivity index (χ3v) is 2.75. The van der Waals surface area contributed by atoms with Crippen molar-refractivity contribution in [2.75, 3.05) is 41.1 Å². The quantitative estimate of drug-likeness (QED) is 0.699. The first-order valence-electron chi connectivity index (χ1n) is 6.35. The number of likely N-dealkylation sites (N-methyl/N-ethyl adjacent to an activating group) is 1. The Bertz CT molecular complexity index is 385. The van der Waals surface area contributed by atoms with Crippen molar-refractivity contribution in [2.45, 2.75) is 12.8 Å². The molecule has 0 aliphatic rings. The number of hydrogen-bond donors (Lipinski definition) is 1. The molecule has 0 saturated carbocycles. The maximum Gasteiger partial charge on any atom is 0.164 e. The van der Waals surface area contributed by atoms with Gasteiger partial charge in [-0.25, -0.2) is 0 Å². The second-order valence-corrected chi connectivity index (χ2v) is 4.06. The van der Waals surface area contributed by atoms with Crippen molar-refractivity contribution in [3.63, 3.8) is 0 Å². The lowest BCUT2D eigenvalue weighted by atomic mass is 10.1. The van der Waals surface area contributed by atoms with E-state index in [2.05, 4.69) is 5.32 Å². The average molecular weight is 271 g/mol. The third kappa shape index (κ3) is 4.59. The van der Waals surface area contributed by atoms with Crippen LogP contribution in [0.1, 0.15) is 12.0 Å². The molecule has 0 aromatic heterocycles. The molecule has 0 bridgehead atoms. The summed E-state index contributed by atoms with van der Waals surface area (Å²) in [4.78, 5) is 0. The second kappa shape index (κ2) is 8.58. The Kier molecular flexibility index (Phi) is 7.03. The van der Waals surface area contributed by atoms with E-state index in [0.29, 0.717) is 24.5 Å². The summed E-state index contributed by atoms with van der Waals surface area (Å²) in [7, 11) is 5.11. The van der Waals surface area contributed by atoms with Crippen molar-refractivity contribution in [3.8, 4) is 17.2 Å². The molecule has 5 heteroatoms. The van der Waals surface area contributed by atoms with E-state index in [1.165, 1.54) is 0 Å². The number of alkyl halides is 1. The maximum atomic E-state index is 12.1. The summed E-state index contributed by atoms with van der Waals surface area (Å²) < 4.78 is 28.2. The van der Waals surface area contributed by atoms with Crippen LogP contribution in [0.2, 0.25) is 0 Å². The lowest BCUT2D eigenvalue weighted by Gasteiger charge is -2.15. The first kappa shape index (κ1) is 15.6. The van der Waals surface area contributed by atoms with Gasteiger partial charge < -0.3 is 19.5 Å². The minimum absolute atomic E-state index is 0.325. The van der Waals surface area contributed by atoms with Gasteiger partial charge in [0.05, 0.1) is 27.5 Å². The summed E-state index contributed by atoms with van der Waals surface area (Å²) in [6.45, 7) is 0.785. The highest BCUT2D eigenvalue weighted by Crippen LogP contribution is 2.35. The molecule has 19 heavy (non-hydrogen) atoms. The number of rotatable bonds is 9. The van der Waals surface area contributed by atoms with Crippen molar-refractivity contribution < 1.29 is 18.6 Å². The van der Waals surface area contributed by atoms with Gasteiger partial charge in [-0.15, -0.1) is 0 Å². The molecule has 0 fully saturated rings. The fraction of sp³-hybridized carbons (Fsp3) is 0.571. The molecule has 0 atom stereocenters. The smallest absolute Gasteiger partial charge is 0.164 e. The van der Waals surface area contributed by atoms with Gasteiger partial charge in [0.25, 0.3) is 0 Å². The minimum atomic E-state index is -0.389. The number of methoxy groups -OCH3 is 2. The summed E-state index contributed by atoms with van der Waals surface area (Å²) in [6, 6.07) is 3.70. The molecule has 108 valence electrons. The molecule has 1 N–H and O–H groups in total. The first-order chi connectivity index (χ1) is 9.26. The molecule has 0 saturated heterocycles. The standard InChI is InChI=1S/C14H22FNO3/c1-16-7-5-11-9-13(18-3)14(10-12(11)17-2)19-8-4-6-15/h9-10,16H,4-8H2,1-3H3. The van der Waals surface area contributed by atoms with Crippen LogP contribution in [0.5, 0.6) is 17.2 Å². The highest BCUT2D eigenvalue weighted by atomic mass is 19.1. The van der Waals surface area contributed by atoms with Crippen molar-refractivity contribution in [1.82, 2.24) is 5.32 Å². The molecule has 1 aromatic rings. The number of nitrogens with one attached hydrogen (secondary N) is 1. The van der Waals surface area contributed by atoms with Gasteiger partial charge in [0.1, 0.15) is 5.75 Å². The van der Waals surface area contributed by atoms with Crippen LogP contribution in [0.15, 0.2) is 12.1 Å². The Labute approximate surface area is 113 Å². The summed E-state index contributed by atoms with van der Waals surface area (Å²) >= 11 is 0. The largest absolute Gasteiger partial charge is 0.496 e. The Morgan fingerprint density at radius 2 is 1.84 bits per heavy atom. The predicted octanol–water partition coefficient (Wildman–Crippen LogP) is 2.20. The zero-order valence-electron chi connectivity index (χ0n) is 11.8. The number of benzene rings is 1. The zero-order valence-corrected chi connectivity index (χ0v) is 11.8. The van der Waals surface area contributed by atoms with Crippen molar-refractivity contribution >= 4 is 0 Å². The fourth-order valence-corrected chi connectivity index (χ4v) is 1.74. The van der Waals surface area contributed by atoms with Gasteiger partial charge in [-0.3, -0.25) is 4.39 Å². The Morgan fingerprint density at radius 3 is 2.42 bits per heavy atom. The SMILES string of the molecule is CNCCc1cc(OC)c(OCCCF)cc1OC. The van der Waals surface area contributed by atoms with Gasteiger partial charge in [-0.05, 0) is 31.6 Å². The molecule has 4 nitrogen and oxygen atoms in total. The van der Waals surface area contributed by atoms with Crippen LogP contribution >= 0.6 is 0 Å². The normalized spacial score (nSPS) is 10.3. The molecule has 0 heterocycles. The summed E-state index contributed by atoms with van der Waals surface area (Å²) in [5, 5.41) is 3.09. The van der Waals surface area contributed by atoms with Crippen molar-refractivity contribution in [2.24, 2.45) is 0 Å². The van der Waals surface area contributed by atoms with E-state index < -0.39 is 0 Å². The summed E-state index contributed by atoms with van der Waals surface area (Å²) in [5.74, 6) is 1.98. The average Bonchev–Trinajstić information content (AvgIpc) is 2.45. The zero-order chi connectivity index (χ0) is 14.1. The molecule has 0 amide bonds. The van der Waals surface area contributed by atoms with Crippen LogP contribution in [-0.2, 0) is 6.42 Å². The Morgan fingerprint density at radius 1 is 1.11 bits per heavy atom. The molecule has 0 unspecified atom stereocenters. The molecular weight excluding hydrogens is 249 g/mol. The number of hydrogen-bond acceptors (Lipinski definition) is 4. The molecule has 0 spiro atoms. The van der Waals surface area contributed by atoms with Crippen LogP contribution in [0, 0.1) is 0 Å². The molecular formula is C14H22FNO3.